The summed E-state index contributed by atoms with van der Waals surface area (Å²) in [7, 11) is 0. The molecule has 4 N–H and O–H groups in total. The van der Waals surface area contributed by atoms with E-state index in [-0.39, 0.29) is 39.6 Å². The van der Waals surface area contributed by atoms with Gasteiger partial charge in [-0.1, -0.05) is 96.8 Å². The van der Waals surface area contributed by atoms with Crippen molar-refractivity contribution in [2.24, 2.45) is 0 Å². The summed E-state index contributed by atoms with van der Waals surface area (Å²) in [6.07, 6.45) is 20.2. The summed E-state index contributed by atoms with van der Waals surface area (Å²) in [6, 6.07) is 0. The van der Waals surface area contributed by atoms with E-state index in [0.717, 1.165) is 12.8 Å². The summed E-state index contributed by atoms with van der Waals surface area (Å²) in [5, 5.41) is 34.4. The molecule has 0 spiro atoms. The van der Waals surface area contributed by atoms with Gasteiger partial charge in [-0.15, -0.1) is 0 Å². The second-order valence-electron chi connectivity index (χ2n) is 7.99. The molecule has 9 heteroatoms. The van der Waals surface area contributed by atoms with Crippen molar-refractivity contribution in [3.05, 3.63) is 0 Å². The molecule has 0 aromatic carbocycles. The molecule has 0 heterocycles. The molecule has 0 saturated heterocycles. The molecule has 200 valence electrons. The third-order valence-electron chi connectivity index (χ3n) is 4.86. The molecule has 0 unspecified atom stereocenters. The fraction of sp³-hybridized carbons (Fsp3) is 0.958. The highest BCUT2D eigenvalue weighted by Crippen LogP contribution is 2.13. The molecule has 0 aliphatic carbocycles. The molecule has 0 amide bonds. The smallest absolute Gasteiger partial charge is 0.303 e. The van der Waals surface area contributed by atoms with Crippen LogP contribution in [0.4, 0.5) is 0 Å². The molecular formula is C24H51NO8. The zero-order valence-electron chi connectivity index (χ0n) is 20.9. The summed E-state index contributed by atoms with van der Waals surface area (Å²) >= 11 is 0. The number of hydrogen-bond acceptors (Lipinski definition) is 8. The van der Waals surface area contributed by atoms with Gasteiger partial charge in [0.25, 0.3) is 0 Å². The molecule has 0 fully saturated rings. The number of rotatable bonds is 25. The monoisotopic (exact) mass is 481 g/mol. The number of aliphatic hydroxyl groups excluding tert-OH is 3. The van der Waals surface area contributed by atoms with Crippen LogP contribution in [-0.2, 0) is 19.3 Å². The minimum Gasteiger partial charge on any atom is -0.481 e. The van der Waals surface area contributed by atoms with E-state index >= 15 is 0 Å². The largest absolute Gasteiger partial charge is 0.481 e. The van der Waals surface area contributed by atoms with Gasteiger partial charge in [0.1, 0.15) is 0 Å². The lowest BCUT2D eigenvalue weighted by molar-refractivity contribution is -0.527. The normalized spacial score (nSPS) is 10.9. The summed E-state index contributed by atoms with van der Waals surface area (Å²) in [4.78, 5) is 24.5. The van der Waals surface area contributed by atoms with E-state index in [1.54, 1.807) is 0 Å². The first-order valence-electron chi connectivity index (χ1n) is 12.9. The SMILES string of the molecule is CCCCCCCCCCCCCCCCCC(=O)O.OCCON(OCCO)OCCO. The molecule has 0 aromatic heterocycles. The van der Waals surface area contributed by atoms with E-state index in [4.69, 9.17) is 34.9 Å². The Kier molecular flexibility index (Phi) is 32.5. The van der Waals surface area contributed by atoms with Crippen LogP contribution in [0.2, 0.25) is 0 Å². The van der Waals surface area contributed by atoms with Gasteiger partial charge in [0, 0.05) is 6.42 Å². The lowest BCUT2D eigenvalue weighted by Crippen LogP contribution is -2.28. The first-order chi connectivity index (χ1) is 16.1. The molecule has 0 aliphatic heterocycles. The summed E-state index contributed by atoms with van der Waals surface area (Å²) in [5.74, 6) is -0.653. The Labute approximate surface area is 200 Å². The Morgan fingerprint density at radius 1 is 0.576 bits per heavy atom. The number of unbranched alkanes of at least 4 members (excludes halogenated alkanes) is 14. The molecule has 0 aromatic rings. The number of nitrogens with zero attached hydrogens (tertiary/aromatic N) is 1. The molecule has 0 bridgehead atoms. The van der Waals surface area contributed by atoms with Crippen LogP contribution in [0.3, 0.4) is 0 Å². The maximum absolute atomic E-state index is 10.3. The van der Waals surface area contributed by atoms with Crippen molar-refractivity contribution in [1.82, 2.24) is 5.39 Å². The minimum atomic E-state index is -0.653. The van der Waals surface area contributed by atoms with Gasteiger partial charge in [0.2, 0.25) is 0 Å². The first-order valence-corrected chi connectivity index (χ1v) is 12.9. The average molecular weight is 482 g/mol. The highest BCUT2D eigenvalue weighted by atomic mass is 17.2. The minimum absolute atomic E-state index is 0.0108. The maximum atomic E-state index is 10.3. The van der Waals surface area contributed by atoms with Crippen molar-refractivity contribution >= 4 is 5.97 Å². The number of hydrogen-bond donors (Lipinski definition) is 4. The van der Waals surface area contributed by atoms with E-state index in [2.05, 4.69) is 6.92 Å². The summed E-state index contributed by atoms with van der Waals surface area (Å²) < 4.78 is 0. The van der Waals surface area contributed by atoms with Crippen molar-refractivity contribution in [1.29, 1.82) is 0 Å². The van der Waals surface area contributed by atoms with E-state index in [9.17, 15) is 4.79 Å². The van der Waals surface area contributed by atoms with Crippen molar-refractivity contribution in [2.45, 2.75) is 110 Å². The summed E-state index contributed by atoms with van der Waals surface area (Å²) in [5.41, 5.74) is 0. The van der Waals surface area contributed by atoms with Gasteiger partial charge in [-0.05, 0) is 6.42 Å². The van der Waals surface area contributed by atoms with Crippen molar-refractivity contribution in [3.8, 4) is 0 Å². The fourth-order valence-corrected chi connectivity index (χ4v) is 3.11. The Hall–Kier alpha value is -0.810. The highest BCUT2D eigenvalue weighted by molar-refractivity contribution is 5.66. The number of carbonyl (C=O) groups is 1. The van der Waals surface area contributed by atoms with Crippen molar-refractivity contribution < 1.29 is 39.7 Å². The fourth-order valence-electron chi connectivity index (χ4n) is 3.11. The molecule has 0 atom stereocenters. The molecular weight excluding hydrogens is 430 g/mol. The summed E-state index contributed by atoms with van der Waals surface area (Å²) in [6.45, 7) is 1.77. The van der Waals surface area contributed by atoms with Crippen molar-refractivity contribution in [3.63, 3.8) is 0 Å². The average Bonchev–Trinajstić information content (AvgIpc) is 2.81. The molecule has 0 rings (SSSR count). The van der Waals surface area contributed by atoms with Crippen LogP contribution in [-0.4, -0.2) is 71.4 Å². The van der Waals surface area contributed by atoms with E-state index < -0.39 is 5.97 Å². The molecule has 0 saturated carbocycles. The number of carboxylic acids is 1. The third-order valence-corrected chi connectivity index (χ3v) is 4.86. The van der Waals surface area contributed by atoms with Gasteiger partial charge in [0.15, 0.2) is 0 Å². The third kappa shape index (κ3) is 33.4. The second-order valence-corrected chi connectivity index (χ2v) is 7.99. The van der Waals surface area contributed by atoms with Gasteiger partial charge >= 0.3 is 5.97 Å². The molecule has 0 aliphatic rings. The van der Waals surface area contributed by atoms with Crippen LogP contribution in [0.5, 0.6) is 0 Å². The zero-order valence-corrected chi connectivity index (χ0v) is 20.9. The zero-order chi connectivity index (χ0) is 24.8. The number of aliphatic carboxylic acids is 1. The van der Waals surface area contributed by atoms with E-state index in [1.165, 1.54) is 83.5 Å². The van der Waals surface area contributed by atoms with Crippen LogP contribution >= 0.6 is 0 Å². The maximum Gasteiger partial charge on any atom is 0.303 e. The van der Waals surface area contributed by atoms with Gasteiger partial charge in [0.05, 0.1) is 45.0 Å². The standard InChI is InChI=1S/C18H36O2.C6H15NO6/c1-2-3-4-5-6-7-8-9-10-11-12-13-14-15-16-17-18(19)20;8-1-4-11-7(12-5-2-9)13-6-3-10/h2-17H2,1H3,(H,19,20);8-10H,1-6H2. The Bertz CT molecular complexity index is 355. The Morgan fingerprint density at radius 2 is 0.879 bits per heavy atom. The molecule has 33 heavy (non-hydrogen) atoms. The highest BCUT2D eigenvalue weighted by Gasteiger charge is 2.05. The lowest BCUT2D eigenvalue weighted by atomic mass is 10.0. The lowest BCUT2D eigenvalue weighted by Gasteiger charge is -2.17. The quantitative estimate of drug-likeness (QED) is 0.111. The van der Waals surface area contributed by atoms with Gasteiger partial charge < -0.3 is 20.4 Å². The molecule has 0 radical (unpaired) electrons. The van der Waals surface area contributed by atoms with Gasteiger partial charge in [-0.2, -0.15) is 0 Å². The van der Waals surface area contributed by atoms with E-state index in [1.807, 2.05) is 0 Å². The van der Waals surface area contributed by atoms with Crippen LogP contribution in [0.1, 0.15) is 110 Å². The van der Waals surface area contributed by atoms with Crippen LogP contribution in [0, 0.1) is 0 Å². The first kappa shape index (κ1) is 34.4. The van der Waals surface area contributed by atoms with Crippen molar-refractivity contribution in [2.75, 3.05) is 39.6 Å². The number of carboxylic acid groups (broad SMARTS) is 1. The molecule has 9 nitrogen and oxygen atoms in total. The van der Waals surface area contributed by atoms with Crippen LogP contribution in [0.25, 0.3) is 0 Å². The van der Waals surface area contributed by atoms with Gasteiger partial charge in [-0.3, -0.25) is 4.79 Å². The predicted octanol–water partition coefficient (Wildman–Crippen LogP) is 4.39. The van der Waals surface area contributed by atoms with Crippen LogP contribution < -0.4 is 0 Å². The van der Waals surface area contributed by atoms with Crippen LogP contribution in [0.15, 0.2) is 0 Å². The Morgan fingerprint density at radius 3 is 1.15 bits per heavy atom. The van der Waals surface area contributed by atoms with E-state index in [0.29, 0.717) is 11.8 Å². The Balaban J connectivity index is 0. The number of aliphatic hydroxyl groups is 3. The second kappa shape index (κ2) is 31.2. The predicted molar refractivity (Wildman–Crippen MR) is 128 cm³/mol. The van der Waals surface area contributed by atoms with Gasteiger partial charge in [-0.25, -0.2) is 14.5 Å². The topological polar surface area (TPSA) is 129 Å².